The summed E-state index contributed by atoms with van der Waals surface area (Å²) in [6, 6.07) is 9.08. The first-order chi connectivity index (χ1) is 18.6. The maximum absolute atomic E-state index is 12.9. The van der Waals surface area contributed by atoms with Gasteiger partial charge in [-0.15, -0.1) is 11.3 Å². The lowest BCUT2D eigenvalue weighted by molar-refractivity contribution is -0.0185. The summed E-state index contributed by atoms with van der Waals surface area (Å²) in [5.41, 5.74) is 3.01. The van der Waals surface area contributed by atoms with Gasteiger partial charge < -0.3 is 9.47 Å². The average Bonchev–Trinajstić information content (AvgIpc) is 3.42. The third kappa shape index (κ3) is 5.29. The van der Waals surface area contributed by atoms with Crippen molar-refractivity contribution in [2.24, 2.45) is 0 Å². The van der Waals surface area contributed by atoms with E-state index in [1.807, 2.05) is 32.6 Å². The second-order valence-corrected chi connectivity index (χ2v) is 13.5. The molecule has 0 radical (unpaired) electrons. The van der Waals surface area contributed by atoms with Crippen molar-refractivity contribution in [2.45, 2.75) is 82.5 Å². The Morgan fingerprint density at radius 2 is 1.90 bits per heavy atom. The number of benzene rings is 1. The molecule has 39 heavy (non-hydrogen) atoms. The van der Waals surface area contributed by atoms with Gasteiger partial charge in [0.05, 0.1) is 18.3 Å². The van der Waals surface area contributed by atoms with E-state index in [0.29, 0.717) is 18.4 Å². The molecule has 3 aliphatic rings. The van der Waals surface area contributed by atoms with Crippen molar-refractivity contribution >= 4 is 39.2 Å². The van der Waals surface area contributed by atoms with Gasteiger partial charge in [0.1, 0.15) is 16.3 Å². The molecule has 3 fully saturated rings. The molecule has 5 atom stereocenters. The summed E-state index contributed by atoms with van der Waals surface area (Å²) < 4.78 is 11.4. The number of nitrogens with zero attached hydrogens (tertiary/aromatic N) is 4. The van der Waals surface area contributed by atoms with Crippen LogP contribution in [-0.4, -0.2) is 70.4 Å². The van der Waals surface area contributed by atoms with Crippen molar-refractivity contribution in [3.63, 3.8) is 0 Å². The predicted molar refractivity (Wildman–Crippen MR) is 155 cm³/mol. The van der Waals surface area contributed by atoms with E-state index in [9.17, 15) is 4.79 Å². The van der Waals surface area contributed by atoms with Crippen LogP contribution in [0, 0.1) is 6.92 Å². The van der Waals surface area contributed by atoms with Crippen molar-refractivity contribution < 1.29 is 14.3 Å². The number of carbonyl (C=O) groups excluding carboxylic acids is 1. The van der Waals surface area contributed by atoms with Gasteiger partial charge >= 0.3 is 6.09 Å². The van der Waals surface area contributed by atoms with Gasteiger partial charge in [0.25, 0.3) is 0 Å². The lowest BCUT2D eigenvalue weighted by Crippen LogP contribution is -2.57. The molecular weight excluding hydrogens is 532 g/mol. The summed E-state index contributed by atoms with van der Waals surface area (Å²) in [5.74, 6) is 1.58. The average molecular weight is 569 g/mol. The molecule has 1 aromatic carbocycles. The Morgan fingerprint density at radius 3 is 2.56 bits per heavy atom. The molecule has 2 aliphatic heterocycles. The third-order valence-electron chi connectivity index (χ3n) is 8.30. The number of hydrogen-bond donors (Lipinski definition) is 0. The molecule has 1 amide bonds. The van der Waals surface area contributed by atoms with Crippen molar-refractivity contribution in [1.82, 2.24) is 19.8 Å². The van der Waals surface area contributed by atoms with Gasteiger partial charge in [0.15, 0.2) is 0 Å². The number of piperazine rings is 1. The number of amides is 1. The maximum Gasteiger partial charge on any atom is 0.410 e. The molecule has 2 aromatic heterocycles. The quantitative estimate of drug-likeness (QED) is 0.330. The molecule has 7 nitrogen and oxygen atoms in total. The summed E-state index contributed by atoms with van der Waals surface area (Å²) >= 11 is 8.64. The van der Waals surface area contributed by atoms with E-state index in [1.54, 1.807) is 18.4 Å². The van der Waals surface area contributed by atoms with Crippen molar-refractivity contribution in [1.29, 1.82) is 0 Å². The largest absolute Gasteiger partial charge is 0.444 e. The molecule has 6 rings (SSSR count). The fourth-order valence-corrected chi connectivity index (χ4v) is 7.68. The third-order valence-corrected chi connectivity index (χ3v) is 9.43. The molecular formula is C30H37ClN4O3S. The molecule has 0 spiro atoms. The molecule has 3 aromatic rings. The van der Waals surface area contributed by atoms with Gasteiger partial charge in [-0.05, 0) is 81.5 Å². The summed E-state index contributed by atoms with van der Waals surface area (Å²) in [5, 5.41) is 4.08. The van der Waals surface area contributed by atoms with E-state index in [1.165, 1.54) is 10.9 Å². The number of ether oxygens (including phenoxy) is 2. The Hall–Kier alpha value is -2.26. The zero-order chi connectivity index (χ0) is 27.5. The molecule has 2 bridgehead atoms. The number of carbonyl (C=O) groups is 1. The topological polar surface area (TPSA) is 67.8 Å². The van der Waals surface area contributed by atoms with E-state index < -0.39 is 5.60 Å². The van der Waals surface area contributed by atoms with E-state index in [-0.39, 0.29) is 24.2 Å². The number of hydrogen-bond acceptors (Lipinski definition) is 7. The zero-order valence-electron chi connectivity index (χ0n) is 23.3. The number of fused-ring (bicyclic) bond motifs is 3. The number of methoxy groups -OCH3 is 1. The first kappa shape index (κ1) is 26.9. The molecule has 4 heterocycles. The van der Waals surface area contributed by atoms with Crippen LogP contribution in [-0.2, 0) is 9.47 Å². The van der Waals surface area contributed by atoms with E-state index in [2.05, 4.69) is 39.5 Å². The van der Waals surface area contributed by atoms with Crippen molar-refractivity contribution in [3.05, 3.63) is 57.3 Å². The van der Waals surface area contributed by atoms with Crippen LogP contribution in [0.2, 0.25) is 5.02 Å². The van der Waals surface area contributed by atoms with E-state index in [4.69, 9.17) is 26.1 Å². The summed E-state index contributed by atoms with van der Waals surface area (Å²) in [6.07, 6.45) is 2.87. The molecule has 208 valence electrons. The fraction of sp³-hybridized carbons (Fsp3) is 0.567. The molecule has 1 saturated carbocycles. The Morgan fingerprint density at radius 1 is 1.15 bits per heavy atom. The van der Waals surface area contributed by atoms with Crippen LogP contribution in [0.15, 0.2) is 29.6 Å². The van der Waals surface area contributed by atoms with E-state index in [0.717, 1.165) is 59.3 Å². The van der Waals surface area contributed by atoms with Gasteiger partial charge in [0.2, 0.25) is 0 Å². The van der Waals surface area contributed by atoms with Crippen LogP contribution in [0.25, 0.3) is 10.2 Å². The highest BCUT2D eigenvalue weighted by atomic mass is 35.5. The summed E-state index contributed by atoms with van der Waals surface area (Å²) in [4.78, 5) is 27.9. The molecule has 2 saturated heterocycles. The number of halogens is 1. The van der Waals surface area contributed by atoms with Crippen LogP contribution in [0.3, 0.4) is 0 Å². The molecule has 5 unspecified atom stereocenters. The van der Waals surface area contributed by atoms with Crippen molar-refractivity contribution in [3.8, 4) is 0 Å². The number of thiophene rings is 1. The van der Waals surface area contributed by atoms with Gasteiger partial charge in [-0.2, -0.15) is 0 Å². The Balaban J connectivity index is 1.19. The number of aryl methyl sites for hydroxylation is 1. The zero-order valence-corrected chi connectivity index (χ0v) is 24.9. The Kier molecular flexibility index (Phi) is 7.11. The smallest absolute Gasteiger partial charge is 0.410 e. The minimum atomic E-state index is -0.493. The lowest BCUT2D eigenvalue weighted by Gasteiger charge is -2.44. The standard InChI is InChI=1S/C30H37ClN4O3S/c1-17-32-27(22-10-11-39-28(22)33-17)24-13-23(24)21-9-6-18(12-25(21)31)26(16-37-5)34-14-19-7-8-20(15-34)35(19)29(36)38-30(2,3)4/h6,9-12,19-20,23-24,26H,7-8,13-16H2,1-5H3. The maximum atomic E-state index is 12.9. The minimum Gasteiger partial charge on any atom is -0.444 e. The number of rotatable bonds is 6. The summed E-state index contributed by atoms with van der Waals surface area (Å²) in [6.45, 7) is 9.92. The highest BCUT2D eigenvalue weighted by Crippen LogP contribution is 2.57. The molecule has 9 heteroatoms. The predicted octanol–water partition coefficient (Wildman–Crippen LogP) is 6.70. The van der Waals surface area contributed by atoms with Gasteiger partial charge in [0, 0.05) is 48.6 Å². The van der Waals surface area contributed by atoms with E-state index >= 15 is 0 Å². The van der Waals surface area contributed by atoms with Gasteiger partial charge in [-0.3, -0.25) is 9.80 Å². The normalized spacial score (nSPS) is 25.7. The SMILES string of the molecule is COCC(c1ccc(C2CC2c2nc(C)nc3sccc23)c(Cl)c1)N1CC2CCC(C1)N2C(=O)OC(C)(C)C. The van der Waals surface area contributed by atoms with Crippen LogP contribution in [0.4, 0.5) is 4.79 Å². The highest BCUT2D eigenvalue weighted by molar-refractivity contribution is 7.16. The second-order valence-electron chi connectivity index (χ2n) is 12.2. The lowest BCUT2D eigenvalue weighted by atomic mass is 9.99. The van der Waals surface area contributed by atoms with Crippen molar-refractivity contribution in [2.75, 3.05) is 26.8 Å². The van der Waals surface area contributed by atoms with Gasteiger partial charge in [-0.1, -0.05) is 23.7 Å². The fourth-order valence-electron chi connectivity index (χ4n) is 6.54. The second kappa shape index (κ2) is 10.3. The monoisotopic (exact) mass is 568 g/mol. The Bertz CT molecular complexity index is 1370. The highest BCUT2D eigenvalue weighted by Gasteiger charge is 2.46. The molecule has 1 aliphatic carbocycles. The van der Waals surface area contributed by atoms with Crippen LogP contribution in [0.1, 0.15) is 80.6 Å². The summed E-state index contributed by atoms with van der Waals surface area (Å²) in [7, 11) is 1.75. The first-order valence-electron chi connectivity index (χ1n) is 13.9. The molecule has 0 N–H and O–H groups in total. The van der Waals surface area contributed by atoms with Crippen LogP contribution >= 0.6 is 22.9 Å². The van der Waals surface area contributed by atoms with Crippen LogP contribution in [0.5, 0.6) is 0 Å². The minimum absolute atomic E-state index is 0.0791. The Labute approximate surface area is 239 Å². The first-order valence-corrected chi connectivity index (χ1v) is 15.1. The number of likely N-dealkylation sites (tertiary alicyclic amines) is 1. The van der Waals surface area contributed by atoms with Crippen LogP contribution < -0.4 is 0 Å². The van der Waals surface area contributed by atoms with Gasteiger partial charge in [-0.25, -0.2) is 14.8 Å². The number of aromatic nitrogens is 2.